The zero-order valence-electron chi connectivity index (χ0n) is 8.10. The van der Waals surface area contributed by atoms with Gasteiger partial charge in [0.1, 0.15) is 5.52 Å². The molecule has 0 fully saturated rings. The van der Waals surface area contributed by atoms with E-state index in [0.29, 0.717) is 11.4 Å². The van der Waals surface area contributed by atoms with E-state index < -0.39 is 0 Å². The van der Waals surface area contributed by atoms with E-state index in [1.165, 1.54) is 0 Å². The largest absolute Gasteiger partial charge is 0.492 e. The van der Waals surface area contributed by atoms with Crippen LogP contribution in [0.25, 0.3) is 5.52 Å². The Kier molecular flexibility index (Phi) is 1.80. The lowest BCUT2D eigenvalue weighted by molar-refractivity contribution is 0.455. The predicted molar refractivity (Wildman–Crippen MR) is 53.2 cm³/mol. The van der Waals surface area contributed by atoms with Gasteiger partial charge in [0.05, 0.1) is 0 Å². The lowest BCUT2D eigenvalue weighted by Crippen LogP contribution is -2.04. The number of rotatable bonds is 1. The first kappa shape index (κ1) is 8.80. The summed E-state index contributed by atoms with van der Waals surface area (Å²) in [6, 6.07) is 3.69. The van der Waals surface area contributed by atoms with Gasteiger partial charge in [0, 0.05) is 5.69 Å². The summed E-state index contributed by atoms with van der Waals surface area (Å²) in [4.78, 5) is 3.68. The van der Waals surface area contributed by atoms with Gasteiger partial charge in [-0.2, -0.15) is 4.98 Å². The summed E-state index contributed by atoms with van der Waals surface area (Å²) in [5, 5.41) is 13.5. The summed E-state index contributed by atoms with van der Waals surface area (Å²) in [6.45, 7) is 4.11. The predicted octanol–water partition coefficient (Wildman–Crippen LogP) is 1.14. The number of fused-ring (bicyclic) bond motifs is 1. The first-order valence-electron chi connectivity index (χ1n) is 4.43. The molecular formula is C9H12N4O. The van der Waals surface area contributed by atoms with Crippen molar-refractivity contribution in [1.29, 1.82) is 0 Å². The minimum atomic E-state index is -0.0793. The Bertz CT molecular complexity index is 475. The first-order chi connectivity index (χ1) is 6.59. The lowest BCUT2D eigenvalue weighted by atomic mass is 10.1. The second kappa shape index (κ2) is 2.87. The van der Waals surface area contributed by atoms with E-state index in [9.17, 15) is 5.11 Å². The van der Waals surface area contributed by atoms with E-state index in [-0.39, 0.29) is 11.8 Å². The van der Waals surface area contributed by atoms with E-state index in [4.69, 9.17) is 5.73 Å². The van der Waals surface area contributed by atoms with Crippen LogP contribution in [0.4, 0.5) is 5.95 Å². The van der Waals surface area contributed by atoms with Crippen LogP contribution in [-0.4, -0.2) is 19.7 Å². The van der Waals surface area contributed by atoms with Crippen LogP contribution in [0.5, 0.6) is 5.88 Å². The normalized spacial score (nSPS) is 11.4. The van der Waals surface area contributed by atoms with Crippen LogP contribution in [0.3, 0.4) is 0 Å². The summed E-state index contributed by atoms with van der Waals surface area (Å²) in [5.41, 5.74) is 7.04. The smallest absolute Gasteiger partial charge is 0.241 e. The molecule has 14 heavy (non-hydrogen) atoms. The zero-order chi connectivity index (χ0) is 10.3. The van der Waals surface area contributed by atoms with Crippen LogP contribution < -0.4 is 5.73 Å². The second-order valence-electron chi connectivity index (χ2n) is 3.50. The summed E-state index contributed by atoms with van der Waals surface area (Å²) in [6.07, 6.45) is 0. The molecule has 0 radical (unpaired) electrons. The highest BCUT2D eigenvalue weighted by molar-refractivity contribution is 5.58. The van der Waals surface area contributed by atoms with Crippen molar-refractivity contribution in [2.24, 2.45) is 0 Å². The van der Waals surface area contributed by atoms with Crippen molar-refractivity contribution < 1.29 is 5.11 Å². The van der Waals surface area contributed by atoms with E-state index in [2.05, 4.69) is 23.9 Å². The third kappa shape index (κ3) is 1.17. The highest BCUT2D eigenvalue weighted by Crippen LogP contribution is 2.22. The molecule has 0 spiro atoms. The fraction of sp³-hybridized carbons (Fsp3) is 0.333. The Morgan fingerprint density at radius 1 is 1.43 bits per heavy atom. The number of aromatic nitrogens is 3. The Labute approximate surface area is 81.2 Å². The molecule has 0 unspecified atom stereocenters. The fourth-order valence-corrected chi connectivity index (χ4v) is 1.45. The van der Waals surface area contributed by atoms with Crippen LogP contribution in [-0.2, 0) is 0 Å². The SMILES string of the molecule is CC(C)c1ccc2c(O)nc(N)nn12. The van der Waals surface area contributed by atoms with Crippen molar-refractivity contribution >= 4 is 11.5 Å². The summed E-state index contributed by atoms with van der Waals surface area (Å²) in [5.74, 6) is 0.323. The molecule has 5 heteroatoms. The molecule has 2 rings (SSSR count). The number of hydrogen-bond donors (Lipinski definition) is 2. The molecule has 0 aromatic carbocycles. The minimum absolute atomic E-state index is 0.0769. The van der Waals surface area contributed by atoms with E-state index in [1.807, 2.05) is 6.07 Å². The molecule has 5 nitrogen and oxygen atoms in total. The maximum absolute atomic E-state index is 9.50. The molecule has 0 aliphatic rings. The molecule has 0 aliphatic carbocycles. The van der Waals surface area contributed by atoms with Crippen molar-refractivity contribution in [1.82, 2.24) is 14.6 Å². The Hall–Kier alpha value is -1.78. The van der Waals surface area contributed by atoms with Gasteiger partial charge in [0.15, 0.2) is 0 Å². The van der Waals surface area contributed by atoms with Gasteiger partial charge in [-0.15, -0.1) is 5.10 Å². The van der Waals surface area contributed by atoms with Crippen molar-refractivity contribution in [2.45, 2.75) is 19.8 Å². The maximum atomic E-state index is 9.50. The van der Waals surface area contributed by atoms with Crippen LogP contribution in [0.1, 0.15) is 25.5 Å². The molecule has 0 bridgehead atoms. The standard InChI is InChI=1S/C9H12N4O/c1-5(2)6-3-4-7-8(14)11-9(10)12-13(6)7/h3-5H,1-2H3,(H3,10,11,12,14). The van der Waals surface area contributed by atoms with Gasteiger partial charge >= 0.3 is 0 Å². The number of nitrogens with zero attached hydrogens (tertiary/aromatic N) is 3. The fourth-order valence-electron chi connectivity index (χ4n) is 1.45. The van der Waals surface area contributed by atoms with Crippen molar-refractivity contribution in [2.75, 3.05) is 5.73 Å². The van der Waals surface area contributed by atoms with Gasteiger partial charge in [0.2, 0.25) is 11.8 Å². The van der Waals surface area contributed by atoms with Gasteiger partial charge < -0.3 is 10.8 Å². The van der Waals surface area contributed by atoms with Crippen LogP contribution in [0.2, 0.25) is 0 Å². The molecule has 0 saturated carbocycles. The van der Waals surface area contributed by atoms with Gasteiger partial charge in [0.25, 0.3) is 0 Å². The molecule has 74 valence electrons. The first-order valence-corrected chi connectivity index (χ1v) is 4.43. The molecule has 2 aromatic rings. The van der Waals surface area contributed by atoms with E-state index in [0.717, 1.165) is 5.69 Å². The minimum Gasteiger partial charge on any atom is -0.492 e. The van der Waals surface area contributed by atoms with Crippen molar-refractivity contribution in [3.8, 4) is 5.88 Å². The van der Waals surface area contributed by atoms with Gasteiger partial charge in [-0.25, -0.2) is 4.52 Å². The van der Waals surface area contributed by atoms with Crippen LogP contribution in [0.15, 0.2) is 12.1 Å². The summed E-state index contributed by atoms with van der Waals surface area (Å²) >= 11 is 0. The van der Waals surface area contributed by atoms with Gasteiger partial charge in [-0.05, 0) is 18.1 Å². The van der Waals surface area contributed by atoms with Crippen molar-refractivity contribution in [3.63, 3.8) is 0 Å². The molecule has 2 heterocycles. The highest BCUT2D eigenvalue weighted by atomic mass is 16.3. The van der Waals surface area contributed by atoms with Gasteiger partial charge in [-0.3, -0.25) is 0 Å². The number of hydrogen-bond acceptors (Lipinski definition) is 4. The Balaban J connectivity index is 2.78. The lowest BCUT2D eigenvalue weighted by Gasteiger charge is -2.05. The molecule has 0 aliphatic heterocycles. The topological polar surface area (TPSA) is 76.4 Å². The molecule has 0 atom stereocenters. The Morgan fingerprint density at radius 2 is 2.14 bits per heavy atom. The number of aromatic hydroxyl groups is 1. The number of anilines is 1. The van der Waals surface area contributed by atoms with Crippen LogP contribution >= 0.6 is 0 Å². The second-order valence-corrected chi connectivity index (χ2v) is 3.50. The quantitative estimate of drug-likeness (QED) is 0.710. The summed E-state index contributed by atoms with van der Waals surface area (Å²) < 4.78 is 1.63. The monoisotopic (exact) mass is 192 g/mol. The molecule has 2 aromatic heterocycles. The average molecular weight is 192 g/mol. The number of nitrogen functional groups attached to an aromatic ring is 1. The maximum Gasteiger partial charge on any atom is 0.241 e. The molecular weight excluding hydrogens is 180 g/mol. The van der Waals surface area contributed by atoms with Crippen molar-refractivity contribution in [3.05, 3.63) is 17.8 Å². The van der Waals surface area contributed by atoms with Crippen LogP contribution in [0, 0.1) is 0 Å². The third-order valence-corrected chi connectivity index (χ3v) is 2.13. The third-order valence-electron chi connectivity index (χ3n) is 2.13. The highest BCUT2D eigenvalue weighted by Gasteiger charge is 2.11. The van der Waals surface area contributed by atoms with E-state index in [1.54, 1.807) is 10.6 Å². The summed E-state index contributed by atoms with van der Waals surface area (Å²) in [7, 11) is 0. The Morgan fingerprint density at radius 3 is 2.79 bits per heavy atom. The number of nitrogens with two attached hydrogens (primary N) is 1. The van der Waals surface area contributed by atoms with Gasteiger partial charge in [-0.1, -0.05) is 13.8 Å². The molecule has 0 amide bonds. The molecule has 3 N–H and O–H groups in total. The van der Waals surface area contributed by atoms with E-state index >= 15 is 0 Å². The zero-order valence-corrected chi connectivity index (χ0v) is 8.10. The molecule has 0 saturated heterocycles. The average Bonchev–Trinajstić information content (AvgIpc) is 2.47.